The van der Waals surface area contributed by atoms with Gasteiger partial charge in [-0.15, -0.1) is 0 Å². The van der Waals surface area contributed by atoms with Crippen LogP contribution in [0.5, 0.6) is 5.75 Å². The molecule has 0 amide bonds. The van der Waals surface area contributed by atoms with E-state index in [1.807, 2.05) is 24.4 Å². The van der Waals surface area contributed by atoms with Crippen LogP contribution in [-0.2, 0) is 6.54 Å². The summed E-state index contributed by atoms with van der Waals surface area (Å²) in [5.74, 6) is 0.859. The van der Waals surface area contributed by atoms with E-state index in [4.69, 9.17) is 4.74 Å². The van der Waals surface area contributed by atoms with Crippen molar-refractivity contribution in [2.45, 2.75) is 13.5 Å². The molecule has 4 heteroatoms. The standard InChI is InChI=1S/C12H13BrN2O/c1-3-15-11(8-14-12(15)13)9-5-4-6-10(7-9)16-2/h4-8H,3H2,1-2H3. The average Bonchev–Trinajstić information content (AvgIpc) is 2.70. The normalized spacial score (nSPS) is 10.4. The predicted octanol–water partition coefficient (Wildman–Crippen LogP) is 3.34. The highest BCUT2D eigenvalue weighted by Gasteiger charge is 2.08. The van der Waals surface area contributed by atoms with E-state index in [1.54, 1.807) is 7.11 Å². The second-order valence-corrected chi connectivity index (χ2v) is 4.10. The highest BCUT2D eigenvalue weighted by atomic mass is 79.9. The summed E-state index contributed by atoms with van der Waals surface area (Å²) in [5, 5.41) is 0. The Labute approximate surface area is 103 Å². The summed E-state index contributed by atoms with van der Waals surface area (Å²) >= 11 is 3.43. The van der Waals surface area contributed by atoms with Gasteiger partial charge >= 0.3 is 0 Å². The fourth-order valence-electron chi connectivity index (χ4n) is 1.67. The smallest absolute Gasteiger partial charge is 0.177 e. The van der Waals surface area contributed by atoms with E-state index in [0.29, 0.717) is 0 Å². The lowest BCUT2D eigenvalue weighted by Gasteiger charge is -2.07. The lowest BCUT2D eigenvalue weighted by atomic mass is 10.1. The van der Waals surface area contributed by atoms with Crippen molar-refractivity contribution in [1.82, 2.24) is 9.55 Å². The van der Waals surface area contributed by atoms with E-state index in [-0.39, 0.29) is 0 Å². The van der Waals surface area contributed by atoms with Crippen molar-refractivity contribution in [3.63, 3.8) is 0 Å². The van der Waals surface area contributed by atoms with Crippen LogP contribution in [0.1, 0.15) is 6.92 Å². The number of ether oxygens (including phenoxy) is 1. The maximum Gasteiger partial charge on any atom is 0.177 e. The molecule has 0 unspecified atom stereocenters. The van der Waals surface area contributed by atoms with Crippen molar-refractivity contribution in [1.29, 1.82) is 0 Å². The Morgan fingerprint density at radius 1 is 1.44 bits per heavy atom. The second-order valence-electron chi connectivity index (χ2n) is 3.39. The Bertz CT molecular complexity index is 494. The third kappa shape index (κ3) is 1.97. The number of imidazole rings is 1. The topological polar surface area (TPSA) is 27.1 Å². The van der Waals surface area contributed by atoms with Gasteiger partial charge in [0, 0.05) is 12.1 Å². The third-order valence-electron chi connectivity index (χ3n) is 2.49. The summed E-state index contributed by atoms with van der Waals surface area (Å²) in [6.45, 7) is 2.98. The molecule has 0 aliphatic carbocycles. The number of methoxy groups -OCH3 is 1. The first kappa shape index (κ1) is 11.2. The lowest BCUT2D eigenvalue weighted by Crippen LogP contribution is -1.97. The zero-order valence-corrected chi connectivity index (χ0v) is 10.9. The molecule has 3 nitrogen and oxygen atoms in total. The molecule has 16 heavy (non-hydrogen) atoms. The number of rotatable bonds is 3. The van der Waals surface area contributed by atoms with Crippen molar-refractivity contribution >= 4 is 15.9 Å². The molecule has 1 aromatic heterocycles. The Hall–Kier alpha value is -1.29. The number of hydrogen-bond donors (Lipinski definition) is 0. The van der Waals surface area contributed by atoms with Gasteiger partial charge in [-0.1, -0.05) is 12.1 Å². The fraction of sp³-hybridized carbons (Fsp3) is 0.250. The van der Waals surface area contributed by atoms with Crippen LogP contribution in [0.4, 0.5) is 0 Å². The van der Waals surface area contributed by atoms with Gasteiger partial charge in [-0.2, -0.15) is 0 Å². The van der Waals surface area contributed by atoms with Gasteiger partial charge in [-0.25, -0.2) is 4.98 Å². The first-order chi connectivity index (χ1) is 7.76. The monoisotopic (exact) mass is 280 g/mol. The Balaban J connectivity index is 2.49. The predicted molar refractivity (Wildman–Crippen MR) is 67.6 cm³/mol. The van der Waals surface area contributed by atoms with Gasteiger partial charge in [0.1, 0.15) is 5.75 Å². The van der Waals surface area contributed by atoms with Crippen molar-refractivity contribution in [3.8, 4) is 17.0 Å². The molecule has 2 rings (SSSR count). The maximum absolute atomic E-state index is 5.22. The van der Waals surface area contributed by atoms with Gasteiger partial charge in [-0.05, 0) is 35.0 Å². The Morgan fingerprint density at radius 2 is 2.25 bits per heavy atom. The molecule has 84 valence electrons. The van der Waals surface area contributed by atoms with E-state index in [1.165, 1.54) is 0 Å². The van der Waals surface area contributed by atoms with E-state index in [9.17, 15) is 0 Å². The molecule has 0 radical (unpaired) electrons. The summed E-state index contributed by atoms with van der Waals surface area (Å²) in [4.78, 5) is 4.26. The highest BCUT2D eigenvalue weighted by molar-refractivity contribution is 9.10. The SMILES string of the molecule is CCn1c(-c2cccc(OC)c2)cnc1Br. The second kappa shape index (κ2) is 4.70. The zero-order chi connectivity index (χ0) is 11.5. The van der Waals surface area contributed by atoms with Gasteiger partial charge in [0.05, 0.1) is 19.0 Å². The van der Waals surface area contributed by atoms with Crippen LogP contribution in [0.2, 0.25) is 0 Å². The molecule has 0 atom stereocenters. The molecule has 0 aliphatic heterocycles. The van der Waals surface area contributed by atoms with Crippen LogP contribution < -0.4 is 4.74 Å². The summed E-state index contributed by atoms with van der Waals surface area (Å²) in [6, 6.07) is 7.98. The molecule has 1 aromatic carbocycles. The Morgan fingerprint density at radius 3 is 2.94 bits per heavy atom. The molecule has 0 saturated carbocycles. The first-order valence-electron chi connectivity index (χ1n) is 5.11. The van der Waals surface area contributed by atoms with E-state index >= 15 is 0 Å². The van der Waals surface area contributed by atoms with Gasteiger partial charge in [0.15, 0.2) is 4.73 Å². The number of nitrogens with zero attached hydrogens (tertiary/aromatic N) is 2. The van der Waals surface area contributed by atoms with E-state index in [2.05, 4.69) is 38.5 Å². The molecule has 1 heterocycles. The summed E-state index contributed by atoms with van der Waals surface area (Å²) in [5.41, 5.74) is 2.20. The number of benzene rings is 1. The minimum absolute atomic E-state index is 0.854. The number of halogens is 1. The lowest BCUT2D eigenvalue weighted by molar-refractivity contribution is 0.415. The summed E-state index contributed by atoms with van der Waals surface area (Å²) < 4.78 is 8.18. The van der Waals surface area contributed by atoms with Crippen LogP contribution >= 0.6 is 15.9 Å². The van der Waals surface area contributed by atoms with Gasteiger partial charge in [0.2, 0.25) is 0 Å². The van der Waals surface area contributed by atoms with Crippen LogP contribution in [0.3, 0.4) is 0 Å². The minimum Gasteiger partial charge on any atom is -0.497 e. The largest absolute Gasteiger partial charge is 0.497 e. The zero-order valence-electron chi connectivity index (χ0n) is 9.27. The van der Waals surface area contributed by atoms with Gasteiger partial charge in [0.25, 0.3) is 0 Å². The quantitative estimate of drug-likeness (QED) is 0.862. The summed E-state index contributed by atoms with van der Waals surface area (Å²) in [7, 11) is 1.67. The van der Waals surface area contributed by atoms with Crippen LogP contribution in [0, 0.1) is 0 Å². The van der Waals surface area contributed by atoms with Crippen LogP contribution in [0.15, 0.2) is 35.2 Å². The van der Waals surface area contributed by atoms with E-state index in [0.717, 1.165) is 28.3 Å². The fourth-order valence-corrected chi connectivity index (χ4v) is 2.21. The molecule has 0 saturated heterocycles. The van der Waals surface area contributed by atoms with E-state index < -0.39 is 0 Å². The third-order valence-corrected chi connectivity index (χ3v) is 3.12. The van der Waals surface area contributed by atoms with Crippen molar-refractivity contribution < 1.29 is 4.74 Å². The van der Waals surface area contributed by atoms with Crippen LogP contribution in [-0.4, -0.2) is 16.7 Å². The molecule has 2 aromatic rings. The minimum atomic E-state index is 0.854. The van der Waals surface area contributed by atoms with Gasteiger partial charge in [-0.3, -0.25) is 0 Å². The average molecular weight is 281 g/mol. The number of aromatic nitrogens is 2. The molecule has 0 bridgehead atoms. The molecule has 0 aliphatic rings. The van der Waals surface area contributed by atoms with Crippen molar-refractivity contribution in [2.75, 3.05) is 7.11 Å². The van der Waals surface area contributed by atoms with Crippen molar-refractivity contribution in [2.24, 2.45) is 0 Å². The Kier molecular flexibility index (Phi) is 3.29. The molecule has 0 fully saturated rings. The van der Waals surface area contributed by atoms with Gasteiger partial charge < -0.3 is 9.30 Å². The molecule has 0 N–H and O–H groups in total. The van der Waals surface area contributed by atoms with Crippen molar-refractivity contribution in [3.05, 3.63) is 35.2 Å². The number of hydrogen-bond acceptors (Lipinski definition) is 2. The highest BCUT2D eigenvalue weighted by Crippen LogP contribution is 2.26. The first-order valence-corrected chi connectivity index (χ1v) is 5.91. The van der Waals surface area contributed by atoms with Crippen LogP contribution in [0.25, 0.3) is 11.3 Å². The maximum atomic E-state index is 5.22. The summed E-state index contributed by atoms with van der Waals surface area (Å²) in [6.07, 6.45) is 1.86. The molecular weight excluding hydrogens is 268 g/mol. The molecular formula is C12H13BrN2O. The molecule has 0 spiro atoms.